The van der Waals surface area contributed by atoms with Gasteiger partial charge in [-0.1, -0.05) is 23.7 Å². The van der Waals surface area contributed by atoms with Gasteiger partial charge in [0.15, 0.2) is 0 Å². The van der Waals surface area contributed by atoms with Crippen LogP contribution in [-0.4, -0.2) is 36.1 Å². The lowest BCUT2D eigenvalue weighted by molar-refractivity contribution is 0.231. The average Bonchev–Trinajstić information content (AvgIpc) is 2.90. The summed E-state index contributed by atoms with van der Waals surface area (Å²) in [4.78, 5) is 7.20. The molecule has 1 aliphatic heterocycles. The van der Waals surface area contributed by atoms with Crippen LogP contribution < -0.4 is 5.32 Å². The minimum absolute atomic E-state index is 0. The molecule has 130 valence electrons. The van der Waals surface area contributed by atoms with Gasteiger partial charge < -0.3 is 5.32 Å². The third-order valence-corrected chi connectivity index (χ3v) is 4.61. The van der Waals surface area contributed by atoms with E-state index < -0.39 is 0 Å². The molecule has 8 heteroatoms. The molecule has 0 amide bonds. The third-order valence-electron chi connectivity index (χ3n) is 3.46. The minimum atomic E-state index is 0. The van der Waals surface area contributed by atoms with Gasteiger partial charge >= 0.3 is 0 Å². The second-order valence-electron chi connectivity index (χ2n) is 5.06. The monoisotopic (exact) mass is 415 g/mol. The Morgan fingerprint density at radius 2 is 1.74 bits per heavy atom. The molecule has 2 aromatic rings. The zero-order valence-corrected chi connectivity index (χ0v) is 16.6. The Hall–Kier alpha value is -0.0700. The van der Waals surface area contributed by atoms with E-state index in [0.29, 0.717) is 0 Å². The van der Waals surface area contributed by atoms with Crippen LogP contribution in [0.4, 0.5) is 0 Å². The molecule has 1 fully saturated rings. The fourth-order valence-corrected chi connectivity index (χ4v) is 3.32. The van der Waals surface area contributed by atoms with Gasteiger partial charge in [0.1, 0.15) is 0 Å². The van der Waals surface area contributed by atoms with Crippen LogP contribution in [0.25, 0.3) is 0 Å². The molecule has 23 heavy (non-hydrogen) atoms. The summed E-state index contributed by atoms with van der Waals surface area (Å²) in [6.45, 7) is 5.37. The van der Waals surface area contributed by atoms with E-state index in [0.717, 1.165) is 44.2 Å². The smallest absolute Gasteiger partial charge is 0.0972 e. The van der Waals surface area contributed by atoms with E-state index in [9.17, 15) is 0 Å². The first-order valence-corrected chi connectivity index (χ1v) is 8.16. The number of benzene rings is 1. The zero-order valence-electron chi connectivity index (χ0n) is 12.5. The van der Waals surface area contributed by atoms with Crippen LogP contribution >= 0.6 is 60.2 Å². The summed E-state index contributed by atoms with van der Waals surface area (Å²) < 4.78 is 0. The van der Waals surface area contributed by atoms with Crippen LogP contribution in [0.5, 0.6) is 0 Å². The summed E-state index contributed by atoms with van der Waals surface area (Å²) in [7, 11) is 0. The Morgan fingerprint density at radius 1 is 1.09 bits per heavy atom. The third kappa shape index (κ3) is 7.14. The van der Waals surface area contributed by atoms with Gasteiger partial charge in [0, 0.05) is 49.5 Å². The second kappa shape index (κ2) is 11.5. The predicted octanol–water partition coefficient (Wildman–Crippen LogP) is 4.06. The molecule has 0 bridgehead atoms. The number of halogens is 4. The molecule has 1 aromatic heterocycles. The Labute approximate surface area is 165 Å². The van der Waals surface area contributed by atoms with Crippen molar-refractivity contribution in [2.45, 2.75) is 13.0 Å². The van der Waals surface area contributed by atoms with E-state index in [1.807, 2.05) is 12.1 Å². The standard InChI is InChI=1S/C15H18ClN3S.3ClH/c16-13-3-1-12(2-4-13)9-15-18-14(11-20-15)10-19-7-5-17-6-8-19;;;/h1-4,11,17H,5-10H2;3*1H. The summed E-state index contributed by atoms with van der Waals surface area (Å²) in [5, 5.41) is 7.52. The lowest BCUT2D eigenvalue weighted by Crippen LogP contribution is -2.42. The van der Waals surface area contributed by atoms with E-state index >= 15 is 0 Å². The molecule has 1 saturated heterocycles. The molecule has 0 radical (unpaired) electrons. The van der Waals surface area contributed by atoms with E-state index in [1.54, 1.807) is 11.3 Å². The largest absolute Gasteiger partial charge is 0.314 e. The van der Waals surface area contributed by atoms with E-state index in [-0.39, 0.29) is 37.2 Å². The number of hydrogen-bond acceptors (Lipinski definition) is 4. The Morgan fingerprint density at radius 3 is 2.39 bits per heavy atom. The molecule has 2 heterocycles. The summed E-state index contributed by atoms with van der Waals surface area (Å²) in [5.74, 6) is 0. The van der Waals surface area contributed by atoms with Crippen molar-refractivity contribution in [3.63, 3.8) is 0 Å². The maximum atomic E-state index is 5.90. The second-order valence-corrected chi connectivity index (χ2v) is 6.44. The van der Waals surface area contributed by atoms with Crippen LogP contribution in [0.1, 0.15) is 16.3 Å². The van der Waals surface area contributed by atoms with Gasteiger partial charge in [-0.05, 0) is 17.7 Å². The molecule has 0 saturated carbocycles. The van der Waals surface area contributed by atoms with Gasteiger partial charge in [0.25, 0.3) is 0 Å². The topological polar surface area (TPSA) is 28.2 Å². The molecule has 0 unspecified atom stereocenters. The summed E-state index contributed by atoms with van der Waals surface area (Å²) in [5.41, 5.74) is 2.46. The highest BCUT2D eigenvalue weighted by Crippen LogP contribution is 2.17. The average molecular weight is 417 g/mol. The number of hydrogen-bond donors (Lipinski definition) is 1. The molecule has 1 aliphatic rings. The number of nitrogens with zero attached hydrogens (tertiary/aromatic N) is 2. The van der Waals surface area contributed by atoms with Gasteiger partial charge in [-0.25, -0.2) is 4.98 Å². The number of aromatic nitrogens is 1. The molecular weight excluding hydrogens is 396 g/mol. The van der Waals surface area contributed by atoms with Crippen molar-refractivity contribution in [3.8, 4) is 0 Å². The van der Waals surface area contributed by atoms with Crippen molar-refractivity contribution >= 4 is 60.2 Å². The lowest BCUT2D eigenvalue weighted by Gasteiger charge is -2.26. The Balaban J connectivity index is 0.00000161. The Bertz CT molecular complexity index is 556. The first-order valence-electron chi connectivity index (χ1n) is 6.90. The molecule has 0 atom stereocenters. The quantitative estimate of drug-likeness (QED) is 0.814. The normalized spacial score (nSPS) is 14.3. The van der Waals surface area contributed by atoms with E-state index in [1.165, 1.54) is 16.3 Å². The minimum Gasteiger partial charge on any atom is -0.314 e. The van der Waals surface area contributed by atoms with E-state index in [2.05, 4.69) is 27.7 Å². The fourth-order valence-electron chi connectivity index (χ4n) is 2.38. The summed E-state index contributed by atoms with van der Waals surface area (Å²) in [6.07, 6.45) is 0.892. The molecule has 3 nitrogen and oxygen atoms in total. The first kappa shape index (κ1) is 22.9. The van der Waals surface area contributed by atoms with Crippen LogP contribution in [-0.2, 0) is 13.0 Å². The van der Waals surface area contributed by atoms with Crippen molar-refractivity contribution < 1.29 is 0 Å². The van der Waals surface area contributed by atoms with Crippen molar-refractivity contribution in [2.75, 3.05) is 26.2 Å². The van der Waals surface area contributed by atoms with Gasteiger partial charge in [0.05, 0.1) is 10.7 Å². The molecule has 3 rings (SSSR count). The summed E-state index contributed by atoms with van der Waals surface area (Å²) >= 11 is 7.65. The van der Waals surface area contributed by atoms with Gasteiger partial charge in [-0.2, -0.15) is 0 Å². The number of thiazole rings is 1. The molecule has 1 N–H and O–H groups in total. The highest BCUT2D eigenvalue weighted by molar-refractivity contribution is 7.09. The number of rotatable bonds is 4. The van der Waals surface area contributed by atoms with Crippen molar-refractivity contribution in [1.29, 1.82) is 0 Å². The van der Waals surface area contributed by atoms with Crippen molar-refractivity contribution in [3.05, 3.63) is 50.9 Å². The molecule has 1 aromatic carbocycles. The highest BCUT2D eigenvalue weighted by Gasteiger charge is 2.12. The fraction of sp³-hybridized carbons (Fsp3) is 0.400. The van der Waals surface area contributed by atoms with Crippen LogP contribution in [0.3, 0.4) is 0 Å². The maximum absolute atomic E-state index is 5.90. The van der Waals surface area contributed by atoms with Gasteiger partial charge in [-0.3, -0.25) is 4.90 Å². The van der Waals surface area contributed by atoms with Gasteiger partial charge in [-0.15, -0.1) is 48.6 Å². The van der Waals surface area contributed by atoms with Crippen LogP contribution in [0.2, 0.25) is 5.02 Å². The van der Waals surface area contributed by atoms with E-state index in [4.69, 9.17) is 16.6 Å². The van der Waals surface area contributed by atoms with Crippen molar-refractivity contribution in [1.82, 2.24) is 15.2 Å². The van der Waals surface area contributed by atoms with Crippen LogP contribution in [0, 0.1) is 0 Å². The Kier molecular flexibility index (Phi) is 11.4. The SMILES string of the molecule is Cl.Cl.Cl.Clc1ccc(Cc2nc(CN3CCNCC3)cs2)cc1. The summed E-state index contributed by atoms with van der Waals surface area (Å²) in [6, 6.07) is 8.01. The highest BCUT2D eigenvalue weighted by atomic mass is 35.5. The van der Waals surface area contributed by atoms with Crippen molar-refractivity contribution in [2.24, 2.45) is 0 Å². The number of nitrogens with one attached hydrogen (secondary N) is 1. The van der Waals surface area contributed by atoms with Gasteiger partial charge in [0.2, 0.25) is 0 Å². The zero-order chi connectivity index (χ0) is 13.8. The number of piperazine rings is 1. The molecule has 0 spiro atoms. The molecular formula is C15H21Cl4N3S. The molecule has 0 aliphatic carbocycles. The first-order chi connectivity index (χ1) is 9.79. The predicted molar refractivity (Wildman–Crippen MR) is 106 cm³/mol. The lowest BCUT2D eigenvalue weighted by atomic mass is 10.2. The maximum Gasteiger partial charge on any atom is 0.0972 e. The van der Waals surface area contributed by atoms with Crippen LogP contribution in [0.15, 0.2) is 29.6 Å².